The van der Waals surface area contributed by atoms with Crippen LogP contribution in [-0.2, 0) is 0 Å². The maximum atomic E-state index is 13.2. The number of aromatic hydroxyl groups is 1. The van der Waals surface area contributed by atoms with Crippen LogP contribution in [0.25, 0.3) is 0 Å². The normalized spacial score (nSPS) is 10.0. The molecule has 21 heavy (non-hydrogen) atoms. The third kappa shape index (κ3) is 3.22. The third-order valence-electron chi connectivity index (χ3n) is 2.86. The van der Waals surface area contributed by atoms with Crippen molar-refractivity contribution in [2.24, 2.45) is 0 Å². The van der Waals surface area contributed by atoms with Crippen molar-refractivity contribution >= 4 is 11.6 Å². The van der Waals surface area contributed by atoms with Crippen LogP contribution in [0.5, 0.6) is 17.2 Å². The van der Waals surface area contributed by atoms with Crippen LogP contribution in [0.2, 0.25) is 0 Å². The van der Waals surface area contributed by atoms with Crippen LogP contribution in [0, 0.1) is 5.82 Å². The van der Waals surface area contributed by atoms with Crippen molar-refractivity contribution in [2.45, 2.75) is 0 Å². The van der Waals surface area contributed by atoms with Crippen molar-refractivity contribution in [3.63, 3.8) is 0 Å². The number of rotatable bonds is 4. The average molecular weight is 291 g/mol. The Labute approximate surface area is 120 Å². The molecule has 0 bridgehead atoms. The highest BCUT2D eigenvalue weighted by molar-refractivity contribution is 6.06. The van der Waals surface area contributed by atoms with Gasteiger partial charge < -0.3 is 19.9 Å². The van der Waals surface area contributed by atoms with Gasteiger partial charge in [-0.1, -0.05) is 0 Å². The quantitative estimate of drug-likeness (QED) is 0.850. The molecule has 0 aromatic heterocycles. The molecule has 2 aromatic carbocycles. The molecule has 110 valence electrons. The van der Waals surface area contributed by atoms with Crippen molar-refractivity contribution in [1.29, 1.82) is 0 Å². The summed E-state index contributed by atoms with van der Waals surface area (Å²) >= 11 is 0. The Morgan fingerprint density at radius 2 is 1.90 bits per heavy atom. The molecular formula is C15H14FNO4. The molecule has 0 saturated heterocycles. The molecule has 0 fully saturated rings. The first kappa shape index (κ1) is 14.6. The Kier molecular flexibility index (Phi) is 4.27. The molecular weight excluding hydrogens is 277 g/mol. The Morgan fingerprint density at radius 3 is 2.52 bits per heavy atom. The number of phenolic OH excluding ortho intramolecular Hbond substituents is 1. The summed E-state index contributed by atoms with van der Waals surface area (Å²) in [5.74, 6) is -0.853. The first-order valence-corrected chi connectivity index (χ1v) is 6.07. The maximum absolute atomic E-state index is 13.2. The maximum Gasteiger partial charge on any atom is 0.259 e. The number of amides is 1. The van der Waals surface area contributed by atoms with Crippen molar-refractivity contribution in [2.75, 3.05) is 19.5 Å². The van der Waals surface area contributed by atoms with E-state index < -0.39 is 17.5 Å². The fourth-order valence-corrected chi connectivity index (χ4v) is 1.77. The summed E-state index contributed by atoms with van der Waals surface area (Å²) in [6.45, 7) is 0. The van der Waals surface area contributed by atoms with E-state index in [0.717, 1.165) is 12.1 Å². The molecule has 2 rings (SSSR count). The van der Waals surface area contributed by atoms with Gasteiger partial charge in [-0.3, -0.25) is 4.79 Å². The first-order valence-electron chi connectivity index (χ1n) is 6.07. The lowest BCUT2D eigenvalue weighted by Gasteiger charge is -2.11. The molecule has 0 unspecified atom stereocenters. The van der Waals surface area contributed by atoms with Crippen LogP contribution in [0.15, 0.2) is 36.4 Å². The molecule has 0 atom stereocenters. The zero-order valence-electron chi connectivity index (χ0n) is 11.5. The van der Waals surface area contributed by atoms with Gasteiger partial charge in [0, 0.05) is 17.8 Å². The van der Waals surface area contributed by atoms with E-state index in [2.05, 4.69) is 5.32 Å². The largest absolute Gasteiger partial charge is 0.505 e. The van der Waals surface area contributed by atoms with Gasteiger partial charge >= 0.3 is 0 Å². The number of carbonyl (C=O) groups is 1. The highest BCUT2D eigenvalue weighted by Gasteiger charge is 2.14. The van der Waals surface area contributed by atoms with Gasteiger partial charge in [0.2, 0.25) is 0 Å². The molecule has 0 heterocycles. The second kappa shape index (κ2) is 6.13. The fraction of sp³-hybridized carbons (Fsp3) is 0.133. The van der Waals surface area contributed by atoms with Crippen molar-refractivity contribution in [1.82, 2.24) is 0 Å². The molecule has 0 saturated carbocycles. The first-order chi connectivity index (χ1) is 10.0. The van der Waals surface area contributed by atoms with Gasteiger partial charge in [0.05, 0.1) is 19.8 Å². The van der Waals surface area contributed by atoms with Crippen LogP contribution >= 0.6 is 0 Å². The summed E-state index contributed by atoms with van der Waals surface area (Å²) in [6.07, 6.45) is 0. The average Bonchev–Trinajstić information content (AvgIpc) is 2.50. The van der Waals surface area contributed by atoms with E-state index >= 15 is 0 Å². The van der Waals surface area contributed by atoms with Crippen molar-refractivity contribution in [3.8, 4) is 17.2 Å². The summed E-state index contributed by atoms with van der Waals surface area (Å²) in [5, 5.41) is 11.6. The van der Waals surface area contributed by atoms with Gasteiger partial charge in [-0.25, -0.2) is 4.39 Å². The van der Waals surface area contributed by atoms with Gasteiger partial charge in [-0.2, -0.15) is 0 Å². The van der Waals surface area contributed by atoms with Crippen LogP contribution in [0.4, 0.5) is 10.1 Å². The van der Waals surface area contributed by atoms with Crippen LogP contribution in [0.3, 0.4) is 0 Å². The summed E-state index contributed by atoms with van der Waals surface area (Å²) in [5.41, 5.74) is 0.514. The highest BCUT2D eigenvalue weighted by atomic mass is 19.1. The van der Waals surface area contributed by atoms with Gasteiger partial charge in [-0.15, -0.1) is 0 Å². The lowest BCUT2D eigenvalue weighted by Crippen LogP contribution is -2.13. The predicted molar refractivity (Wildman–Crippen MR) is 75.6 cm³/mol. The second-order valence-corrected chi connectivity index (χ2v) is 4.19. The number of ether oxygens (including phenoxy) is 2. The number of hydrogen-bond donors (Lipinski definition) is 2. The second-order valence-electron chi connectivity index (χ2n) is 4.19. The van der Waals surface area contributed by atoms with E-state index in [0.29, 0.717) is 11.5 Å². The number of methoxy groups -OCH3 is 2. The molecule has 1 amide bonds. The molecule has 2 N–H and O–H groups in total. The number of phenols is 1. The Morgan fingerprint density at radius 1 is 1.14 bits per heavy atom. The van der Waals surface area contributed by atoms with Gasteiger partial charge in [0.1, 0.15) is 11.5 Å². The minimum atomic E-state index is -0.811. The fourth-order valence-electron chi connectivity index (χ4n) is 1.77. The predicted octanol–water partition coefficient (Wildman–Crippen LogP) is 2.80. The Hall–Kier alpha value is -2.76. The Bertz CT molecular complexity index is 673. The summed E-state index contributed by atoms with van der Waals surface area (Å²) in [4.78, 5) is 12.2. The lowest BCUT2D eigenvalue weighted by atomic mass is 10.1. The summed E-state index contributed by atoms with van der Waals surface area (Å²) < 4.78 is 23.4. The minimum absolute atomic E-state index is 0.230. The number of nitrogens with one attached hydrogen (secondary N) is 1. The van der Waals surface area contributed by atoms with Crippen molar-refractivity contribution in [3.05, 3.63) is 47.8 Å². The third-order valence-corrected chi connectivity index (χ3v) is 2.86. The molecule has 0 aliphatic heterocycles. The van der Waals surface area contributed by atoms with E-state index in [1.807, 2.05) is 0 Å². The molecule has 0 radical (unpaired) electrons. The minimum Gasteiger partial charge on any atom is -0.505 e. The van der Waals surface area contributed by atoms with Crippen molar-refractivity contribution < 1.29 is 23.8 Å². The molecule has 0 aliphatic rings. The highest BCUT2D eigenvalue weighted by Crippen LogP contribution is 2.26. The smallest absolute Gasteiger partial charge is 0.259 e. The van der Waals surface area contributed by atoms with Crippen LogP contribution < -0.4 is 14.8 Å². The zero-order chi connectivity index (χ0) is 15.4. The summed E-state index contributed by atoms with van der Waals surface area (Å²) in [7, 11) is 2.94. The molecule has 0 spiro atoms. The van der Waals surface area contributed by atoms with E-state index in [1.165, 1.54) is 20.3 Å². The number of anilines is 1. The van der Waals surface area contributed by atoms with Crippen LogP contribution in [0.1, 0.15) is 10.4 Å². The van der Waals surface area contributed by atoms with E-state index in [1.54, 1.807) is 18.2 Å². The van der Waals surface area contributed by atoms with E-state index in [4.69, 9.17) is 14.6 Å². The van der Waals surface area contributed by atoms with E-state index in [-0.39, 0.29) is 11.3 Å². The molecule has 6 heteroatoms. The molecule has 0 aliphatic carbocycles. The molecule has 5 nitrogen and oxygen atoms in total. The molecule has 2 aromatic rings. The van der Waals surface area contributed by atoms with Gasteiger partial charge in [0.25, 0.3) is 5.91 Å². The zero-order valence-corrected chi connectivity index (χ0v) is 11.5. The number of carbonyl (C=O) groups excluding carboxylic acids is 1. The lowest BCUT2D eigenvalue weighted by molar-refractivity contribution is 0.102. The number of halogens is 1. The number of hydrogen-bond acceptors (Lipinski definition) is 4. The monoisotopic (exact) mass is 291 g/mol. The van der Waals surface area contributed by atoms with Crippen LogP contribution in [-0.4, -0.2) is 25.2 Å². The number of benzene rings is 2. The summed E-state index contributed by atoms with van der Waals surface area (Å²) in [6, 6.07) is 8.33. The van der Waals surface area contributed by atoms with Gasteiger partial charge in [0.15, 0.2) is 11.6 Å². The topological polar surface area (TPSA) is 67.8 Å². The Balaban J connectivity index is 2.25. The van der Waals surface area contributed by atoms with Gasteiger partial charge in [-0.05, 0) is 24.3 Å². The standard InChI is InChI=1S/C15H14FNO4/c1-20-10-4-5-11(14(8-10)21-2)15(19)17-9-3-6-13(18)12(16)7-9/h3-8,18H,1-2H3,(H,17,19). The van der Waals surface area contributed by atoms with E-state index in [9.17, 15) is 9.18 Å². The SMILES string of the molecule is COc1ccc(C(=O)Nc2ccc(O)c(F)c2)c(OC)c1.